The molecule has 6 nitrogen and oxygen atoms in total. The summed E-state index contributed by atoms with van der Waals surface area (Å²) in [5.41, 5.74) is 2.03. The lowest BCUT2D eigenvalue weighted by atomic mass is 10.0. The standard InChI is InChI=1S/C19H24N2O4S/c1-4-25-19(22)20-16-7-9-17(10-8-16)21-26(23,24)18-11-5-15(6-12-18)13-14(2)3/h5-12,14,21H,4,13H2,1-3H3,(H,20,22). The summed E-state index contributed by atoms with van der Waals surface area (Å²) in [5.74, 6) is 0.511. The van der Waals surface area contributed by atoms with Gasteiger partial charge in [0.2, 0.25) is 0 Å². The molecule has 0 aromatic heterocycles. The van der Waals surface area contributed by atoms with E-state index in [1.807, 2.05) is 12.1 Å². The molecule has 2 aromatic rings. The summed E-state index contributed by atoms with van der Waals surface area (Å²) in [4.78, 5) is 11.6. The van der Waals surface area contributed by atoms with Crippen molar-refractivity contribution in [2.24, 2.45) is 5.92 Å². The maximum Gasteiger partial charge on any atom is 0.411 e. The van der Waals surface area contributed by atoms with Crippen LogP contribution in [-0.4, -0.2) is 21.1 Å². The molecule has 0 saturated heterocycles. The van der Waals surface area contributed by atoms with E-state index in [2.05, 4.69) is 23.9 Å². The van der Waals surface area contributed by atoms with Gasteiger partial charge in [-0.25, -0.2) is 13.2 Å². The molecule has 0 spiro atoms. The molecule has 26 heavy (non-hydrogen) atoms. The van der Waals surface area contributed by atoms with E-state index in [4.69, 9.17) is 4.74 Å². The number of hydrogen-bond acceptors (Lipinski definition) is 4. The van der Waals surface area contributed by atoms with Gasteiger partial charge in [-0.05, 0) is 61.2 Å². The number of sulfonamides is 1. The van der Waals surface area contributed by atoms with Crippen LogP contribution in [0.2, 0.25) is 0 Å². The molecule has 0 heterocycles. The minimum Gasteiger partial charge on any atom is -0.450 e. The fourth-order valence-electron chi connectivity index (χ4n) is 2.40. The van der Waals surface area contributed by atoms with Gasteiger partial charge in [0.05, 0.1) is 11.5 Å². The van der Waals surface area contributed by atoms with E-state index in [0.29, 0.717) is 17.3 Å². The van der Waals surface area contributed by atoms with Gasteiger partial charge in [-0.3, -0.25) is 10.0 Å². The Balaban J connectivity index is 2.05. The summed E-state index contributed by atoms with van der Waals surface area (Å²) in [6, 6.07) is 13.2. The summed E-state index contributed by atoms with van der Waals surface area (Å²) in [6.45, 7) is 6.23. The number of benzene rings is 2. The van der Waals surface area contributed by atoms with E-state index >= 15 is 0 Å². The molecule has 0 bridgehead atoms. The van der Waals surface area contributed by atoms with Crippen molar-refractivity contribution >= 4 is 27.5 Å². The largest absolute Gasteiger partial charge is 0.450 e. The molecular weight excluding hydrogens is 352 g/mol. The molecule has 0 aliphatic heterocycles. The normalized spacial score (nSPS) is 11.2. The second-order valence-corrected chi connectivity index (χ2v) is 7.95. The zero-order valence-electron chi connectivity index (χ0n) is 15.2. The highest BCUT2D eigenvalue weighted by atomic mass is 32.2. The summed E-state index contributed by atoms with van der Waals surface area (Å²) in [5, 5.41) is 2.55. The average molecular weight is 376 g/mol. The van der Waals surface area contributed by atoms with Gasteiger partial charge in [-0.1, -0.05) is 26.0 Å². The Hall–Kier alpha value is -2.54. The van der Waals surface area contributed by atoms with Crippen LogP contribution in [0.25, 0.3) is 0 Å². The molecule has 140 valence electrons. The first kappa shape index (κ1) is 19.8. The van der Waals surface area contributed by atoms with Crippen molar-refractivity contribution in [1.29, 1.82) is 0 Å². The second-order valence-electron chi connectivity index (χ2n) is 6.27. The summed E-state index contributed by atoms with van der Waals surface area (Å²) < 4.78 is 32.3. The van der Waals surface area contributed by atoms with Gasteiger partial charge in [0.15, 0.2) is 0 Å². The third-order valence-electron chi connectivity index (χ3n) is 3.54. The summed E-state index contributed by atoms with van der Waals surface area (Å²) in [6.07, 6.45) is 0.352. The lowest BCUT2D eigenvalue weighted by Crippen LogP contribution is -2.14. The molecule has 2 rings (SSSR count). The van der Waals surface area contributed by atoms with E-state index < -0.39 is 16.1 Å². The molecule has 2 aromatic carbocycles. The van der Waals surface area contributed by atoms with E-state index in [0.717, 1.165) is 12.0 Å². The van der Waals surface area contributed by atoms with Crippen LogP contribution < -0.4 is 10.0 Å². The zero-order chi connectivity index (χ0) is 19.2. The number of amides is 1. The van der Waals surface area contributed by atoms with Crippen LogP contribution in [0, 0.1) is 5.92 Å². The van der Waals surface area contributed by atoms with Crippen molar-refractivity contribution in [3.63, 3.8) is 0 Å². The smallest absolute Gasteiger partial charge is 0.411 e. The Labute approximate surface area is 154 Å². The lowest BCUT2D eigenvalue weighted by Gasteiger charge is -2.11. The Morgan fingerprint density at radius 2 is 1.58 bits per heavy atom. The van der Waals surface area contributed by atoms with E-state index in [9.17, 15) is 13.2 Å². The van der Waals surface area contributed by atoms with Crippen LogP contribution in [0.5, 0.6) is 0 Å². The predicted molar refractivity (Wildman–Crippen MR) is 103 cm³/mol. The Morgan fingerprint density at radius 1 is 1.00 bits per heavy atom. The molecule has 0 aliphatic carbocycles. The quantitative estimate of drug-likeness (QED) is 0.756. The first-order valence-electron chi connectivity index (χ1n) is 8.45. The van der Waals surface area contributed by atoms with Crippen molar-refractivity contribution in [3.8, 4) is 0 Å². The van der Waals surface area contributed by atoms with Gasteiger partial charge in [0.1, 0.15) is 0 Å². The van der Waals surface area contributed by atoms with Crippen molar-refractivity contribution in [3.05, 3.63) is 54.1 Å². The van der Waals surface area contributed by atoms with E-state index in [1.165, 1.54) is 0 Å². The van der Waals surface area contributed by atoms with Crippen LogP contribution in [-0.2, 0) is 21.2 Å². The maximum absolute atomic E-state index is 12.5. The molecular formula is C19H24N2O4S. The molecule has 0 saturated carbocycles. The van der Waals surface area contributed by atoms with Gasteiger partial charge >= 0.3 is 6.09 Å². The number of anilines is 2. The molecule has 2 N–H and O–H groups in total. The Kier molecular flexibility index (Phi) is 6.63. The SMILES string of the molecule is CCOC(=O)Nc1ccc(NS(=O)(=O)c2ccc(CC(C)C)cc2)cc1. The highest BCUT2D eigenvalue weighted by molar-refractivity contribution is 7.92. The Bertz CT molecular complexity index is 829. The molecule has 0 aliphatic rings. The third-order valence-corrected chi connectivity index (χ3v) is 4.93. The van der Waals surface area contributed by atoms with Crippen LogP contribution >= 0.6 is 0 Å². The topological polar surface area (TPSA) is 84.5 Å². The predicted octanol–water partition coefficient (Wildman–Crippen LogP) is 4.25. The highest BCUT2D eigenvalue weighted by Gasteiger charge is 2.14. The second kappa shape index (κ2) is 8.71. The van der Waals surface area contributed by atoms with Crippen molar-refractivity contribution < 1.29 is 17.9 Å². The lowest BCUT2D eigenvalue weighted by molar-refractivity contribution is 0.168. The monoisotopic (exact) mass is 376 g/mol. The van der Waals surface area contributed by atoms with Crippen LogP contribution in [0.1, 0.15) is 26.3 Å². The molecule has 0 radical (unpaired) electrons. The maximum atomic E-state index is 12.5. The third kappa shape index (κ3) is 5.77. The van der Waals surface area contributed by atoms with Crippen LogP contribution in [0.4, 0.5) is 16.2 Å². The number of hydrogen-bond donors (Lipinski definition) is 2. The highest BCUT2D eigenvalue weighted by Crippen LogP contribution is 2.19. The number of carbonyl (C=O) groups excluding carboxylic acids is 1. The summed E-state index contributed by atoms with van der Waals surface area (Å²) in [7, 11) is -3.67. The van der Waals surface area contributed by atoms with Crippen molar-refractivity contribution in [2.45, 2.75) is 32.1 Å². The average Bonchev–Trinajstić information content (AvgIpc) is 2.56. The summed E-state index contributed by atoms with van der Waals surface area (Å²) >= 11 is 0. The van der Waals surface area contributed by atoms with Gasteiger partial charge in [-0.2, -0.15) is 0 Å². The number of nitrogens with one attached hydrogen (secondary N) is 2. The van der Waals surface area contributed by atoms with Gasteiger partial charge in [-0.15, -0.1) is 0 Å². The zero-order valence-corrected chi connectivity index (χ0v) is 16.0. The Morgan fingerprint density at radius 3 is 2.12 bits per heavy atom. The molecule has 0 fully saturated rings. The number of ether oxygens (including phenoxy) is 1. The van der Waals surface area contributed by atoms with Gasteiger partial charge < -0.3 is 4.74 Å². The fourth-order valence-corrected chi connectivity index (χ4v) is 3.46. The van der Waals surface area contributed by atoms with Crippen LogP contribution in [0.3, 0.4) is 0 Å². The van der Waals surface area contributed by atoms with Gasteiger partial charge in [0.25, 0.3) is 10.0 Å². The fraction of sp³-hybridized carbons (Fsp3) is 0.316. The first-order chi connectivity index (χ1) is 12.3. The van der Waals surface area contributed by atoms with E-state index in [1.54, 1.807) is 43.3 Å². The molecule has 7 heteroatoms. The first-order valence-corrected chi connectivity index (χ1v) is 9.94. The van der Waals surface area contributed by atoms with Crippen molar-refractivity contribution in [1.82, 2.24) is 0 Å². The number of rotatable bonds is 7. The minimum absolute atomic E-state index is 0.207. The molecule has 0 unspecified atom stereocenters. The van der Waals surface area contributed by atoms with E-state index in [-0.39, 0.29) is 11.5 Å². The van der Waals surface area contributed by atoms with Crippen molar-refractivity contribution in [2.75, 3.05) is 16.6 Å². The van der Waals surface area contributed by atoms with Crippen LogP contribution in [0.15, 0.2) is 53.4 Å². The molecule has 1 amide bonds. The minimum atomic E-state index is -3.67. The molecule has 0 atom stereocenters. The van der Waals surface area contributed by atoms with Gasteiger partial charge in [0, 0.05) is 11.4 Å². The number of carbonyl (C=O) groups is 1.